The van der Waals surface area contributed by atoms with E-state index in [1.807, 2.05) is 12.4 Å². The Kier molecular flexibility index (Phi) is 15.3. The second-order valence-corrected chi connectivity index (χ2v) is 20.8. The van der Waals surface area contributed by atoms with Gasteiger partial charge < -0.3 is 45.1 Å². The van der Waals surface area contributed by atoms with Crippen molar-refractivity contribution in [2.75, 3.05) is 54.5 Å². The van der Waals surface area contributed by atoms with Crippen molar-refractivity contribution in [1.82, 2.24) is 34.0 Å². The fourth-order valence-corrected chi connectivity index (χ4v) is 11.6. The summed E-state index contributed by atoms with van der Waals surface area (Å²) in [6.45, 7) is 8.10. The minimum absolute atomic E-state index is 0.0910. The van der Waals surface area contributed by atoms with E-state index in [2.05, 4.69) is 117 Å². The lowest BCUT2D eigenvalue weighted by Gasteiger charge is -2.40. The zero-order chi connectivity index (χ0) is 47.1. The van der Waals surface area contributed by atoms with E-state index in [1.165, 1.54) is 48.9 Å². The van der Waals surface area contributed by atoms with Crippen molar-refractivity contribution >= 4 is 45.3 Å². The second kappa shape index (κ2) is 22.2. The number of rotatable bonds is 18. The van der Waals surface area contributed by atoms with Crippen LogP contribution in [0.1, 0.15) is 142 Å². The number of nitrogens with one attached hydrogen (secondary N) is 4. The van der Waals surface area contributed by atoms with Crippen LogP contribution < -0.4 is 21.3 Å². The lowest BCUT2D eigenvalue weighted by molar-refractivity contribution is -0.0663. The average Bonchev–Trinajstić information content (AvgIpc) is 3.95. The van der Waals surface area contributed by atoms with Gasteiger partial charge in [0, 0.05) is 95.8 Å². The Hall–Kier alpha value is -5.24. The van der Waals surface area contributed by atoms with E-state index in [0.29, 0.717) is 30.0 Å². The highest BCUT2D eigenvalue weighted by Gasteiger charge is 2.34. The van der Waals surface area contributed by atoms with Crippen LogP contribution in [0.5, 0.6) is 0 Å². The van der Waals surface area contributed by atoms with Crippen LogP contribution >= 0.6 is 0 Å². The molecule has 4 aromatic heterocycles. The predicted octanol–water partition coefficient (Wildman–Crippen LogP) is 11.8. The van der Waals surface area contributed by atoms with Crippen LogP contribution in [0, 0.1) is 0 Å². The van der Waals surface area contributed by atoms with Gasteiger partial charge in [0.2, 0.25) is 11.9 Å². The van der Waals surface area contributed by atoms with Crippen LogP contribution in [0.2, 0.25) is 0 Å². The molecule has 5 N–H and O–H groups in total. The standard InChI is InChI=1S/C56H77N11O2/c1-4-6-30-57-55-59-33-47-49(35-66(53(47)63-55)43-21-25-45(68)26-22-43)39-15-19-42(20-16-39)62-51-29-32-65(3)37-52(51)69-46-27-23-44(24-28-46)67-36-50(48-34-60-56(64-54(48)67)58-31-7-5-2)38-13-17-41(18-14-38)61-40-11-9-8-10-12-40/h13-20,33-36,40,43-46,51-52,61-62,68H,4-12,21-32,37H2,1-3H3,(H,57,59,63)(H,58,60,64). The minimum atomic E-state index is -0.205. The van der Waals surface area contributed by atoms with Gasteiger partial charge in [-0.15, -0.1) is 0 Å². The first-order chi connectivity index (χ1) is 33.9. The molecular formula is C56H77N11O2. The van der Waals surface area contributed by atoms with Crippen molar-refractivity contribution in [2.24, 2.45) is 0 Å². The number of nitrogens with zero attached hydrogens (tertiary/aromatic N) is 7. The van der Waals surface area contributed by atoms with Gasteiger partial charge >= 0.3 is 0 Å². The molecule has 1 aliphatic heterocycles. The van der Waals surface area contributed by atoms with Gasteiger partial charge in [-0.2, -0.15) is 9.97 Å². The number of hydrogen-bond acceptors (Lipinski definition) is 11. The van der Waals surface area contributed by atoms with Gasteiger partial charge in [0.1, 0.15) is 11.3 Å². The number of hydrogen-bond donors (Lipinski definition) is 5. The highest BCUT2D eigenvalue weighted by molar-refractivity contribution is 5.95. The molecule has 10 rings (SSSR count). The van der Waals surface area contributed by atoms with E-state index in [-0.39, 0.29) is 24.4 Å². The van der Waals surface area contributed by atoms with Gasteiger partial charge in [-0.1, -0.05) is 70.2 Å². The van der Waals surface area contributed by atoms with Crippen molar-refractivity contribution < 1.29 is 9.84 Å². The number of aromatic nitrogens is 6. The second-order valence-electron chi connectivity index (χ2n) is 20.8. The number of benzene rings is 2. The van der Waals surface area contributed by atoms with Crippen molar-refractivity contribution in [3.63, 3.8) is 0 Å². The number of likely N-dealkylation sites (N-methyl/N-ethyl adjacent to an activating group) is 1. The highest BCUT2D eigenvalue weighted by atomic mass is 16.5. The SMILES string of the molecule is CCCCNc1ncc2c(-c3ccc(NC4CCN(C)CC4OC4CCC(n5cc(-c6ccc(NC7CCCCC7)cc6)c6cnc(NCCCC)nc65)CC4)cc3)cn(C3CCC(O)CC3)c2n1. The average molecular weight is 936 g/mol. The molecule has 3 aliphatic carbocycles. The number of anilines is 4. The Labute approximate surface area is 409 Å². The van der Waals surface area contributed by atoms with E-state index in [4.69, 9.17) is 24.7 Å². The van der Waals surface area contributed by atoms with Crippen LogP contribution in [0.3, 0.4) is 0 Å². The lowest BCUT2D eigenvalue weighted by Crippen LogP contribution is -2.51. The highest BCUT2D eigenvalue weighted by Crippen LogP contribution is 2.40. The molecule has 13 nitrogen and oxygen atoms in total. The number of piperidine rings is 1. The van der Waals surface area contributed by atoms with Gasteiger partial charge in [0.05, 0.1) is 24.4 Å². The van der Waals surface area contributed by atoms with Crippen molar-refractivity contribution in [2.45, 2.75) is 172 Å². The quantitative estimate of drug-likeness (QED) is 0.0526. The molecule has 69 heavy (non-hydrogen) atoms. The van der Waals surface area contributed by atoms with Gasteiger partial charge in [-0.05, 0) is 132 Å². The number of ether oxygens (including phenoxy) is 1. The fraction of sp³-hybridized carbons (Fsp3) is 0.571. The molecule has 4 aliphatic rings. The van der Waals surface area contributed by atoms with Gasteiger partial charge in [0.25, 0.3) is 0 Å². The molecule has 0 bridgehead atoms. The molecule has 0 amide bonds. The summed E-state index contributed by atoms with van der Waals surface area (Å²) in [5.41, 5.74) is 9.02. The fourth-order valence-electron chi connectivity index (χ4n) is 11.6. The molecule has 5 heterocycles. The van der Waals surface area contributed by atoms with Gasteiger partial charge in [-0.3, -0.25) is 0 Å². The van der Waals surface area contributed by atoms with Gasteiger partial charge in [0.15, 0.2) is 0 Å². The van der Waals surface area contributed by atoms with Crippen LogP contribution in [-0.2, 0) is 4.74 Å². The molecule has 0 spiro atoms. The van der Waals surface area contributed by atoms with Crippen LogP contribution in [0.4, 0.5) is 23.3 Å². The molecule has 6 aromatic rings. The van der Waals surface area contributed by atoms with Crippen molar-refractivity contribution in [3.8, 4) is 22.3 Å². The molecule has 4 fully saturated rings. The molecule has 13 heteroatoms. The summed E-state index contributed by atoms with van der Waals surface area (Å²) >= 11 is 0. The smallest absolute Gasteiger partial charge is 0.224 e. The monoisotopic (exact) mass is 936 g/mol. The first-order valence-electron chi connectivity index (χ1n) is 26.9. The third-order valence-electron chi connectivity index (χ3n) is 15.7. The summed E-state index contributed by atoms with van der Waals surface area (Å²) < 4.78 is 11.9. The molecule has 1 saturated heterocycles. The maximum absolute atomic E-state index is 10.3. The Bertz CT molecular complexity index is 2570. The predicted molar refractivity (Wildman–Crippen MR) is 282 cm³/mol. The first-order valence-corrected chi connectivity index (χ1v) is 26.9. The third kappa shape index (κ3) is 11.2. The number of aliphatic hydroxyl groups is 1. The van der Waals surface area contributed by atoms with Crippen LogP contribution in [-0.4, -0.2) is 103 Å². The summed E-state index contributed by atoms with van der Waals surface area (Å²) in [4.78, 5) is 22.2. The van der Waals surface area contributed by atoms with Gasteiger partial charge in [-0.25, -0.2) is 9.97 Å². The van der Waals surface area contributed by atoms with Crippen LogP contribution in [0.25, 0.3) is 44.3 Å². The summed E-state index contributed by atoms with van der Waals surface area (Å²) in [7, 11) is 2.22. The molecule has 368 valence electrons. The third-order valence-corrected chi connectivity index (χ3v) is 15.7. The summed E-state index contributed by atoms with van der Waals surface area (Å²) in [5, 5.41) is 27.1. The van der Waals surface area contributed by atoms with E-state index in [0.717, 1.165) is 149 Å². The normalized spacial score (nSPS) is 23.9. The molecule has 2 aromatic carbocycles. The van der Waals surface area contributed by atoms with E-state index < -0.39 is 0 Å². The van der Waals surface area contributed by atoms with Crippen LogP contribution in [0.15, 0.2) is 73.3 Å². The summed E-state index contributed by atoms with van der Waals surface area (Å²) in [6.07, 6.45) is 28.4. The van der Waals surface area contributed by atoms with E-state index in [9.17, 15) is 5.11 Å². The van der Waals surface area contributed by atoms with E-state index >= 15 is 0 Å². The van der Waals surface area contributed by atoms with Crippen molar-refractivity contribution in [1.29, 1.82) is 0 Å². The Balaban J connectivity index is 0.814. The number of unbranched alkanes of at least 4 members (excludes halogenated alkanes) is 2. The number of likely N-dealkylation sites (tertiary alicyclic amines) is 1. The molecule has 0 radical (unpaired) electrons. The molecule has 3 saturated carbocycles. The molecule has 2 unspecified atom stereocenters. The molecular weight excluding hydrogens is 859 g/mol. The maximum Gasteiger partial charge on any atom is 0.224 e. The number of aliphatic hydroxyl groups excluding tert-OH is 1. The van der Waals surface area contributed by atoms with Crippen molar-refractivity contribution in [3.05, 3.63) is 73.3 Å². The largest absolute Gasteiger partial charge is 0.393 e. The minimum Gasteiger partial charge on any atom is -0.393 e. The lowest BCUT2D eigenvalue weighted by atomic mass is 9.92. The maximum atomic E-state index is 10.3. The number of fused-ring (bicyclic) bond motifs is 2. The zero-order valence-corrected chi connectivity index (χ0v) is 41.5. The Morgan fingerprint density at radius 1 is 0.623 bits per heavy atom. The first kappa shape index (κ1) is 47.4. The van der Waals surface area contributed by atoms with E-state index in [1.54, 1.807) is 0 Å². The Morgan fingerprint density at radius 2 is 1.14 bits per heavy atom. The topological polar surface area (TPSA) is 142 Å². The Morgan fingerprint density at radius 3 is 1.68 bits per heavy atom. The zero-order valence-electron chi connectivity index (χ0n) is 41.5. The summed E-state index contributed by atoms with van der Waals surface area (Å²) in [5.74, 6) is 1.39. The summed E-state index contributed by atoms with van der Waals surface area (Å²) in [6, 6.07) is 19.4. The molecule has 2 atom stereocenters.